The second-order valence-corrected chi connectivity index (χ2v) is 3.38. The zero-order chi connectivity index (χ0) is 12.1. The molecule has 1 atom stereocenters. The summed E-state index contributed by atoms with van der Waals surface area (Å²) in [5, 5.41) is 17.5. The van der Waals surface area contributed by atoms with Gasteiger partial charge in [0.05, 0.1) is 25.4 Å². The van der Waals surface area contributed by atoms with E-state index in [0.717, 1.165) is 0 Å². The number of aromatic amines is 1. The number of hydrogen-bond acceptors (Lipinski definition) is 5. The van der Waals surface area contributed by atoms with Gasteiger partial charge in [-0.2, -0.15) is 0 Å². The molecule has 0 aliphatic carbocycles. The van der Waals surface area contributed by atoms with Gasteiger partial charge in [0.25, 0.3) is 5.56 Å². The third kappa shape index (κ3) is 3.30. The first-order chi connectivity index (χ1) is 7.54. The number of nitrogens with one attached hydrogen (secondary N) is 1. The molecule has 0 aliphatic heterocycles. The van der Waals surface area contributed by atoms with E-state index in [-0.39, 0.29) is 18.8 Å². The molecule has 1 heterocycles. The van der Waals surface area contributed by atoms with E-state index >= 15 is 0 Å². The van der Waals surface area contributed by atoms with E-state index in [2.05, 4.69) is 4.98 Å². The highest BCUT2D eigenvalue weighted by Crippen LogP contribution is 1.92. The van der Waals surface area contributed by atoms with Gasteiger partial charge in [-0.05, 0) is 0 Å². The molecule has 0 fully saturated rings. The maximum Gasteiger partial charge on any atom is 0.328 e. The highest BCUT2D eigenvalue weighted by Gasteiger charge is 2.05. The van der Waals surface area contributed by atoms with E-state index in [0.29, 0.717) is 0 Å². The Bertz CT molecular complexity index is 450. The number of aromatic nitrogens is 2. The maximum absolute atomic E-state index is 11.3. The van der Waals surface area contributed by atoms with Crippen molar-refractivity contribution in [1.29, 1.82) is 0 Å². The Morgan fingerprint density at radius 2 is 2.25 bits per heavy atom. The lowest BCUT2D eigenvalue weighted by Gasteiger charge is -2.08. The number of rotatable bonds is 5. The van der Waals surface area contributed by atoms with Crippen molar-refractivity contribution >= 4 is 0 Å². The van der Waals surface area contributed by atoms with Gasteiger partial charge in [-0.1, -0.05) is 0 Å². The van der Waals surface area contributed by atoms with Crippen LogP contribution < -0.4 is 11.2 Å². The summed E-state index contributed by atoms with van der Waals surface area (Å²) in [5.74, 6) is 0. The first kappa shape index (κ1) is 12.6. The van der Waals surface area contributed by atoms with Gasteiger partial charge in [0, 0.05) is 13.2 Å². The summed E-state index contributed by atoms with van der Waals surface area (Å²) in [6.45, 7) is -0.497. The van der Waals surface area contributed by atoms with Crippen molar-refractivity contribution in [3.63, 3.8) is 0 Å². The van der Waals surface area contributed by atoms with Crippen LogP contribution in [0.3, 0.4) is 0 Å². The van der Waals surface area contributed by atoms with Crippen LogP contribution in [-0.2, 0) is 18.4 Å². The highest BCUT2D eigenvalue weighted by molar-refractivity contribution is 5.02. The molecule has 1 rings (SSSR count). The zero-order valence-corrected chi connectivity index (χ0v) is 8.84. The molecular formula is C9H14N2O5. The van der Waals surface area contributed by atoms with Crippen molar-refractivity contribution in [1.82, 2.24) is 9.55 Å². The van der Waals surface area contributed by atoms with E-state index in [4.69, 9.17) is 14.9 Å². The largest absolute Gasteiger partial charge is 0.394 e. The van der Waals surface area contributed by atoms with Crippen LogP contribution in [0, 0.1) is 0 Å². The van der Waals surface area contributed by atoms with Gasteiger partial charge < -0.3 is 19.5 Å². The van der Waals surface area contributed by atoms with Crippen LogP contribution in [0.15, 0.2) is 15.8 Å². The SMILES string of the molecule is Cn1cc(COCC(O)CO)c(=O)[nH]c1=O. The number of ether oxygens (including phenoxy) is 1. The third-order valence-corrected chi connectivity index (χ3v) is 1.96. The van der Waals surface area contributed by atoms with Crippen LogP contribution in [0.1, 0.15) is 5.56 Å². The van der Waals surface area contributed by atoms with Crippen molar-refractivity contribution in [3.05, 3.63) is 32.6 Å². The summed E-state index contributed by atoms with van der Waals surface area (Å²) in [5.41, 5.74) is -0.724. The molecule has 0 saturated carbocycles. The summed E-state index contributed by atoms with van der Waals surface area (Å²) >= 11 is 0. The molecule has 1 aromatic rings. The van der Waals surface area contributed by atoms with Gasteiger partial charge in [0.15, 0.2) is 0 Å². The van der Waals surface area contributed by atoms with E-state index in [1.165, 1.54) is 17.8 Å². The molecule has 0 aliphatic rings. The van der Waals surface area contributed by atoms with Crippen molar-refractivity contribution < 1.29 is 14.9 Å². The molecule has 1 unspecified atom stereocenters. The Balaban J connectivity index is 2.65. The van der Waals surface area contributed by atoms with Crippen molar-refractivity contribution in [2.45, 2.75) is 12.7 Å². The van der Waals surface area contributed by atoms with E-state index < -0.39 is 24.0 Å². The third-order valence-electron chi connectivity index (χ3n) is 1.96. The minimum atomic E-state index is -0.966. The number of aliphatic hydroxyl groups is 2. The molecule has 0 amide bonds. The van der Waals surface area contributed by atoms with Gasteiger partial charge >= 0.3 is 5.69 Å². The fourth-order valence-electron chi connectivity index (χ4n) is 1.08. The molecule has 0 saturated heterocycles. The van der Waals surface area contributed by atoms with Gasteiger partial charge in [-0.3, -0.25) is 9.78 Å². The molecule has 7 heteroatoms. The second kappa shape index (κ2) is 5.59. The average Bonchev–Trinajstić information content (AvgIpc) is 2.25. The lowest BCUT2D eigenvalue weighted by atomic mass is 10.3. The smallest absolute Gasteiger partial charge is 0.328 e. The summed E-state index contributed by atoms with van der Waals surface area (Å²) in [7, 11) is 1.50. The van der Waals surface area contributed by atoms with Crippen LogP contribution in [-0.4, -0.2) is 39.1 Å². The molecule has 0 bridgehead atoms. The molecule has 90 valence electrons. The van der Waals surface area contributed by atoms with E-state index in [9.17, 15) is 9.59 Å². The van der Waals surface area contributed by atoms with Gasteiger partial charge in [-0.25, -0.2) is 4.79 Å². The standard InChI is InChI=1S/C9H14N2O5/c1-11-2-6(8(14)10-9(11)15)4-16-5-7(13)3-12/h2,7,12-13H,3-5H2,1H3,(H,10,14,15). The molecule has 3 N–H and O–H groups in total. The normalized spacial score (nSPS) is 12.7. The van der Waals surface area contributed by atoms with Gasteiger partial charge in [0.2, 0.25) is 0 Å². The Kier molecular flexibility index (Phi) is 4.41. The monoisotopic (exact) mass is 230 g/mol. The Morgan fingerprint density at radius 3 is 2.88 bits per heavy atom. The summed E-state index contributed by atoms with van der Waals surface area (Å²) in [6.07, 6.45) is 0.401. The Labute approximate surface area is 90.9 Å². The molecule has 0 spiro atoms. The summed E-state index contributed by atoms with van der Waals surface area (Å²) in [6, 6.07) is 0. The number of aliphatic hydroxyl groups excluding tert-OH is 2. The Hall–Kier alpha value is -1.44. The van der Waals surface area contributed by atoms with Gasteiger partial charge in [-0.15, -0.1) is 0 Å². The molecule has 0 aromatic carbocycles. The number of aryl methyl sites for hydroxylation is 1. The molecular weight excluding hydrogens is 216 g/mol. The van der Waals surface area contributed by atoms with E-state index in [1.54, 1.807) is 0 Å². The van der Waals surface area contributed by atoms with Crippen LogP contribution in [0.5, 0.6) is 0 Å². The molecule has 0 radical (unpaired) electrons. The van der Waals surface area contributed by atoms with Crippen LogP contribution in [0.2, 0.25) is 0 Å². The number of H-pyrrole nitrogens is 1. The molecule has 1 aromatic heterocycles. The predicted molar refractivity (Wildman–Crippen MR) is 55.1 cm³/mol. The summed E-state index contributed by atoms with van der Waals surface area (Å²) in [4.78, 5) is 24.4. The Morgan fingerprint density at radius 1 is 1.56 bits per heavy atom. The van der Waals surface area contributed by atoms with Crippen molar-refractivity contribution in [2.75, 3.05) is 13.2 Å². The first-order valence-electron chi connectivity index (χ1n) is 4.70. The number of nitrogens with zero attached hydrogens (tertiary/aromatic N) is 1. The lowest BCUT2D eigenvalue weighted by Crippen LogP contribution is -2.30. The average molecular weight is 230 g/mol. The van der Waals surface area contributed by atoms with Crippen molar-refractivity contribution in [2.24, 2.45) is 7.05 Å². The maximum atomic E-state index is 11.3. The second-order valence-electron chi connectivity index (χ2n) is 3.38. The number of hydrogen-bond donors (Lipinski definition) is 3. The predicted octanol–water partition coefficient (Wildman–Crippen LogP) is -2.06. The van der Waals surface area contributed by atoms with Crippen LogP contribution in [0.4, 0.5) is 0 Å². The van der Waals surface area contributed by atoms with Crippen molar-refractivity contribution in [3.8, 4) is 0 Å². The fraction of sp³-hybridized carbons (Fsp3) is 0.556. The van der Waals surface area contributed by atoms with Crippen LogP contribution >= 0.6 is 0 Å². The highest BCUT2D eigenvalue weighted by atomic mass is 16.5. The zero-order valence-electron chi connectivity index (χ0n) is 8.84. The molecule has 16 heavy (non-hydrogen) atoms. The lowest BCUT2D eigenvalue weighted by molar-refractivity contribution is -0.000399. The molecule has 7 nitrogen and oxygen atoms in total. The minimum absolute atomic E-state index is 0.0273. The first-order valence-corrected chi connectivity index (χ1v) is 4.70. The topological polar surface area (TPSA) is 105 Å². The minimum Gasteiger partial charge on any atom is -0.394 e. The quantitative estimate of drug-likeness (QED) is 0.539. The fourth-order valence-corrected chi connectivity index (χ4v) is 1.08. The van der Waals surface area contributed by atoms with E-state index in [1.807, 2.05) is 0 Å². The summed E-state index contributed by atoms with van der Waals surface area (Å²) < 4.78 is 6.23. The van der Waals surface area contributed by atoms with Gasteiger partial charge in [0.1, 0.15) is 6.10 Å². The van der Waals surface area contributed by atoms with Crippen LogP contribution in [0.25, 0.3) is 0 Å².